The Morgan fingerprint density at radius 1 is 1.20 bits per heavy atom. The van der Waals surface area contributed by atoms with Gasteiger partial charge in [0.05, 0.1) is 0 Å². The second-order valence-corrected chi connectivity index (χ2v) is 3.77. The number of nitrogens with zero attached hydrogens (tertiary/aromatic N) is 2. The molecule has 0 bridgehead atoms. The minimum atomic E-state index is 0.322. The molecule has 0 aliphatic carbocycles. The first-order chi connectivity index (χ1) is 7.27. The highest BCUT2D eigenvalue weighted by atomic mass is 35.5. The molecule has 0 aliphatic heterocycles. The number of benzene rings is 1. The molecule has 0 aliphatic rings. The number of rotatable bonds is 1. The molecule has 0 atom stereocenters. The van der Waals surface area contributed by atoms with E-state index < -0.39 is 0 Å². The predicted octanol–water partition coefficient (Wildman–Crippen LogP) is 4.19. The van der Waals surface area contributed by atoms with Crippen LogP contribution in [0.5, 0.6) is 0 Å². The normalized spacial score (nSPS) is 9.33. The summed E-state index contributed by atoms with van der Waals surface area (Å²) in [5.74, 6) is 0. The van der Waals surface area contributed by atoms with Crippen LogP contribution in [0.3, 0.4) is 0 Å². The van der Waals surface area contributed by atoms with Crippen molar-refractivity contribution in [1.29, 1.82) is 0 Å². The number of aryl methyl sites for hydroxylation is 1. The fourth-order valence-electron chi connectivity index (χ4n) is 1.13. The number of hydrogen-bond donors (Lipinski definition) is 0. The van der Waals surface area contributed by atoms with E-state index in [4.69, 9.17) is 11.6 Å². The fraction of sp³-hybridized carbons (Fsp3) is 0.273. The summed E-state index contributed by atoms with van der Waals surface area (Å²) >= 11 is 6.97. The summed E-state index contributed by atoms with van der Waals surface area (Å²) in [7, 11) is 0. The first-order valence-corrected chi connectivity index (χ1v) is 5.98. The van der Waals surface area contributed by atoms with Crippen LogP contribution in [0.2, 0.25) is 5.28 Å². The second kappa shape index (κ2) is 5.83. The highest BCUT2D eigenvalue weighted by molar-refractivity contribution is 7.09. The molecular formula is C11H13ClN2S. The van der Waals surface area contributed by atoms with Crippen molar-refractivity contribution in [1.82, 2.24) is 9.36 Å². The van der Waals surface area contributed by atoms with Crippen LogP contribution in [-0.4, -0.2) is 9.36 Å². The molecule has 1 heterocycles. The maximum Gasteiger partial charge on any atom is 0.234 e. The molecule has 2 rings (SSSR count). The van der Waals surface area contributed by atoms with E-state index in [0.717, 1.165) is 10.6 Å². The third-order valence-electron chi connectivity index (χ3n) is 1.78. The monoisotopic (exact) mass is 240 g/mol. The first kappa shape index (κ1) is 12.1. The van der Waals surface area contributed by atoms with Gasteiger partial charge in [0.2, 0.25) is 5.28 Å². The van der Waals surface area contributed by atoms with Crippen LogP contribution in [0.15, 0.2) is 24.3 Å². The molecule has 15 heavy (non-hydrogen) atoms. The maximum absolute atomic E-state index is 5.65. The van der Waals surface area contributed by atoms with E-state index in [0.29, 0.717) is 5.28 Å². The lowest BCUT2D eigenvalue weighted by atomic mass is 10.1. The van der Waals surface area contributed by atoms with Gasteiger partial charge in [0.25, 0.3) is 0 Å². The van der Waals surface area contributed by atoms with E-state index in [1.165, 1.54) is 17.1 Å². The van der Waals surface area contributed by atoms with E-state index in [-0.39, 0.29) is 0 Å². The average Bonchev–Trinajstić information content (AvgIpc) is 2.68. The highest BCUT2D eigenvalue weighted by Crippen LogP contribution is 2.25. The van der Waals surface area contributed by atoms with Crippen LogP contribution < -0.4 is 0 Å². The Kier molecular flexibility index (Phi) is 4.72. The maximum atomic E-state index is 5.65. The van der Waals surface area contributed by atoms with Crippen molar-refractivity contribution in [2.24, 2.45) is 0 Å². The molecule has 0 N–H and O–H groups in total. The molecule has 4 heteroatoms. The van der Waals surface area contributed by atoms with Crippen molar-refractivity contribution in [2.45, 2.75) is 20.8 Å². The Morgan fingerprint density at radius 3 is 2.40 bits per heavy atom. The Balaban J connectivity index is 0.000000531. The van der Waals surface area contributed by atoms with Crippen molar-refractivity contribution in [3.8, 4) is 10.6 Å². The molecule has 0 fully saturated rings. The number of hydrogen-bond acceptors (Lipinski definition) is 3. The topological polar surface area (TPSA) is 25.8 Å². The van der Waals surface area contributed by atoms with Gasteiger partial charge in [-0.1, -0.05) is 38.1 Å². The van der Waals surface area contributed by atoms with E-state index in [2.05, 4.69) is 9.36 Å². The van der Waals surface area contributed by atoms with Crippen LogP contribution in [-0.2, 0) is 0 Å². The van der Waals surface area contributed by atoms with Crippen LogP contribution in [0.1, 0.15) is 19.4 Å². The largest absolute Gasteiger partial charge is 0.234 e. The van der Waals surface area contributed by atoms with E-state index in [9.17, 15) is 0 Å². The highest BCUT2D eigenvalue weighted by Gasteiger charge is 2.06. The summed E-state index contributed by atoms with van der Waals surface area (Å²) in [6.07, 6.45) is 0. The lowest BCUT2D eigenvalue weighted by Crippen LogP contribution is -1.80. The van der Waals surface area contributed by atoms with Gasteiger partial charge in [0, 0.05) is 5.56 Å². The minimum Gasteiger partial charge on any atom is -0.205 e. The average molecular weight is 241 g/mol. The summed E-state index contributed by atoms with van der Waals surface area (Å²) in [6, 6.07) is 8.05. The van der Waals surface area contributed by atoms with E-state index in [1.54, 1.807) is 0 Å². The molecule has 0 saturated carbocycles. The zero-order chi connectivity index (χ0) is 11.3. The van der Waals surface area contributed by atoms with Gasteiger partial charge in [-0.15, -0.1) is 0 Å². The molecule has 1 aromatic carbocycles. The Bertz CT molecular complexity index is 426. The third kappa shape index (κ3) is 3.01. The van der Waals surface area contributed by atoms with Crippen molar-refractivity contribution in [2.75, 3.05) is 0 Å². The molecule has 80 valence electrons. The number of halogens is 1. The van der Waals surface area contributed by atoms with Crippen LogP contribution in [0, 0.1) is 6.92 Å². The minimum absolute atomic E-state index is 0.322. The summed E-state index contributed by atoms with van der Waals surface area (Å²) in [5.41, 5.74) is 2.29. The molecule has 0 saturated heterocycles. The molecule has 0 radical (unpaired) electrons. The summed E-state index contributed by atoms with van der Waals surface area (Å²) in [6.45, 7) is 6.05. The van der Waals surface area contributed by atoms with Crippen LogP contribution >= 0.6 is 23.1 Å². The van der Waals surface area contributed by atoms with Gasteiger partial charge in [-0.2, -0.15) is 4.37 Å². The predicted molar refractivity (Wildman–Crippen MR) is 66.4 cm³/mol. The van der Waals surface area contributed by atoms with Crippen molar-refractivity contribution < 1.29 is 0 Å². The summed E-state index contributed by atoms with van der Waals surface area (Å²) < 4.78 is 3.93. The van der Waals surface area contributed by atoms with Crippen LogP contribution in [0.4, 0.5) is 0 Å². The molecule has 0 spiro atoms. The Morgan fingerprint density at radius 2 is 1.87 bits per heavy atom. The van der Waals surface area contributed by atoms with Gasteiger partial charge < -0.3 is 0 Å². The SMILES string of the molecule is CC.Cc1ccccc1-c1nc(Cl)ns1. The molecule has 2 nitrogen and oxygen atoms in total. The van der Waals surface area contributed by atoms with Gasteiger partial charge in [-0.3, -0.25) is 0 Å². The molecule has 2 aromatic rings. The van der Waals surface area contributed by atoms with Gasteiger partial charge in [-0.05, 0) is 35.6 Å². The van der Waals surface area contributed by atoms with Crippen molar-refractivity contribution in [3.05, 3.63) is 35.1 Å². The molecule has 1 aromatic heterocycles. The van der Waals surface area contributed by atoms with Gasteiger partial charge in [0.15, 0.2) is 0 Å². The van der Waals surface area contributed by atoms with Crippen LogP contribution in [0.25, 0.3) is 10.6 Å². The Hall–Kier alpha value is -0.930. The third-order valence-corrected chi connectivity index (χ3v) is 2.79. The standard InChI is InChI=1S/C9H7ClN2S.C2H6/c1-6-4-2-3-5-7(6)8-11-9(10)12-13-8;1-2/h2-5H,1H3;1-2H3. The van der Waals surface area contributed by atoms with Gasteiger partial charge in [0.1, 0.15) is 5.01 Å². The summed E-state index contributed by atoms with van der Waals surface area (Å²) in [5, 5.41) is 1.20. The van der Waals surface area contributed by atoms with Gasteiger partial charge >= 0.3 is 0 Å². The second-order valence-electron chi connectivity index (χ2n) is 2.68. The van der Waals surface area contributed by atoms with Crippen molar-refractivity contribution in [3.63, 3.8) is 0 Å². The molecule has 0 amide bonds. The fourth-order valence-corrected chi connectivity index (χ4v) is 2.02. The number of aromatic nitrogens is 2. The van der Waals surface area contributed by atoms with Crippen molar-refractivity contribution >= 4 is 23.1 Å². The molecular weight excluding hydrogens is 228 g/mol. The lowest BCUT2D eigenvalue weighted by molar-refractivity contribution is 1.32. The van der Waals surface area contributed by atoms with E-state index >= 15 is 0 Å². The van der Waals surface area contributed by atoms with E-state index in [1.807, 2.05) is 45.0 Å². The Labute approximate surface area is 99.1 Å². The smallest absolute Gasteiger partial charge is 0.205 e. The quantitative estimate of drug-likeness (QED) is 0.747. The van der Waals surface area contributed by atoms with Gasteiger partial charge in [-0.25, -0.2) is 4.98 Å². The zero-order valence-corrected chi connectivity index (χ0v) is 10.6. The zero-order valence-electron chi connectivity index (χ0n) is 8.99. The lowest BCUT2D eigenvalue weighted by Gasteiger charge is -1.98. The molecule has 0 unspecified atom stereocenters. The first-order valence-electron chi connectivity index (χ1n) is 4.82. The summed E-state index contributed by atoms with van der Waals surface area (Å²) in [4.78, 5) is 4.11.